The molecule has 4 rings (SSSR count). The molecule has 0 fully saturated rings. The Morgan fingerprint density at radius 2 is 1.88 bits per heavy atom. The molecule has 9 nitrogen and oxygen atoms in total. The highest BCUT2D eigenvalue weighted by molar-refractivity contribution is 7.14. The van der Waals surface area contributed by atoms with E-state index in [4.69, 9.17) is 0 Å². The van der Waals surface area contributed by atoms with E-state index in [2.05, 4.69) is 9.97 Å². The van der Waals surface area contributed by atoms with Crippen LogP contribution in [0, 0.1) is 30.9 Å². The number of non-ortho nitro benzene ring substituents is 1. The van der Waals surface area contributed by atoms with Crippen molar-refractivity contribution in [2.45, 2.75) is 34.2 Å². The molecule has 0 aliphatic carbocycles. The van der Waals surface area contributed by atoms with Gasteiger partial charge in [0.2, 0.25) is 5.91 Å². The predicted molar refractivity (Wildman–Crippen MR) is 127 cm³/mol. The molecule has 0 atom stereocenters. The lowest BCUT2D eigenvalue weighted by molar-refractivity contribution is -0.384. The van der Waals surface area contributed by atoms with Gasteiger partial charge < -0.3 is 0 Å². The lowest BCUT2D eigenvalue weighted by Gasteiger charge is -2.23. The van der Waals surface area contributed by atoms with Crippen LogP contribution in [0.4, 0.5) is 16.5 Å². The summed E-state index contributed by atoms with van der Waals surface area (Å²) in [6.07, 6.45) is 1.35. The molecule has 0 radical (unpaired) electrons. The molecular weight excluding hydrogens is 442 g/mol. The fourth-order valence-corrected chi connectivity index (χ4v) is 4.80. The van der Waals surface area contributed by atoms with E-state index in [1.54, 1.807) is 10.3 Å². The van der Waals surface area contributed by atoms with Gasteiger partial charge in [-0.1, -0.05) is 17.7 Å². The van der Waals surface area contributed by atoms with Gasteiger partial charge in [0.25, 0.3) is 11.2 Å². The molecular formula is C23H21N5O4S. The number of amides is 1. The molecule has 4 aromatic rings. The van der Waals surface area contributed by atoms with Gasteiger partial charge in [-0.25, -0.2) is 9.97 Å². The number of benzene rings is 2. The van der Waals surface area contributed by atoms with Crippen LogP contribution >= 0.6 is 11.3 Å². The number of nitrogens with zero attached hydrogens (tertiary/aromatic N) is 5. The molecule has 1 amide bonds. The van der Waals surface area contributed by atoms with E-state index < -0.39 is 4.92 Å². The van der Waals surface area contributed by atoms with Crippen molar-refractivity contribution in [3.8, 4) is 0 Å². The van der Waals surface area contributed by atoms with Crippen LogP contribution in [0.5, 0.6) is 0 Å². The lowest BCUT2D eigenvalue weighted by atomic mass is 10.0. The predicted octanol–water partition coefficient (Wildman–Crippen LogP) is 4.42. The summed E-state index contributed by atoms with van der Waals surface area (Å²) in [5, 5.41) is 13.6. The number of aryl methyl sites for hydroxylation is 3. The minimum absolute atomic E-state index is 0.123. The van der Waals surface area contributed by atoms with Crippen molar-refractivity contribution in [3.05, 3.63) is 84.9 Å². The smallest absolute Gasteiger partial charge is 0.271 e. The first-order chi connectivity index (χ1) is 15.7. The standard InChI is InChI=1S/C23H21N5O4S/c1-13-7-14(2)21(15(3)8-13)27(16(4)29)23-25-17(11-33-23)10-26-12-24-20-9-18(28(31)32)5-6-19(20)22(26)30/h5-9,11-12H,10H2,1-4H3. The van der Waals surface area contributed by atoms with E-state index in [1.165, 1.54) is 47.4 Å². The van der Waals surface area contributed by atoms with Gasteiger partial charge in [-0.2, -0.15) is 0 Å². The summed E-state index contributed by atoms with van der Waals surface area (Å²) in [6, 6.07) is 8.02. The highest BCUT2D eigenvalue weighted by Gasteiger charge is 2.22. The SMILES string of the molecule is CC(=O)N(c1nc(Cn2cnc3cc([N+](=O)[O-])ccc3c2=O)cs1)c1c(C)cc(C)cc1C. The molecule has 168 valence electrons. The molecule has 0 aliphatic rings. The molecule has 0 bridgehead atoms. The summed E-state index contributed by atoms with van der Waals surface area (Å²) in [6.45, 7) is 7.59. The van der Waals surface area contributed by atoms with Crippen LogP contribution < -0.4 is 10.5 Å². The number of nitro benzene ring substituents is 1. The van der Waals surface area contributed by atoms with Gasteiger partial charge in [0, 0.05) is 24.4 Å². The molecule has 10 heteroatoms. The number of nitro groups is 1. The highest BCUT2D eigenvalue weighted by Crippen LogP contribution is 2.34. The molecule has 0 saturated carbocycles. The maximum absolute atomic E-state index is 12.9. The summed E-state index contributed by atoms with van der Waals surface area (Å²) >= 11 is 1.32. The van der Waals surface area contributed by atoms with E-state index in [9.17, 15) is 19.7 Å². The van der Waals surface area contributed by atoms with Crippen molar-refractivity contribution in [1.82, 2.24) is 14.5 Å². The van der Waals surface area contributed by atoms with E-state index in [0.717, 1.165) is 22.4 Å². The topological polar surface area (TPSA) is 111 Å². The van der Waals surface area contributed by atoms with E-state index in [1.807, 2.05) is 32.9 Å². The third-order valence-corrected chi connectivity index (χ3v) is 6.13. The summed E-state index contributed by atoms with van der Waals surface area (Å²) in [7, 11) is 0. The Morgan fingerprint density at radius 1 is 1.18 bits per heavy atom. The molecule has 2 aromatic carbocycles. The van der Waals surface area contributed by atoms with Crippen molar-refractivity contribution in [3.63, 3.8) is 0 Å². The van der Waals surface area contributed by atoms with Gasteiger partial charge in [0.05, 0.1) is 40.1 Å². The first kappa shape index (κ1) is 22.3. The average molecular weight is 464 g/mol. The number of fused-ring (bicyclic) bond motifs is 1. The van der Waals surface area contributed by atoms with Crippen LogP contribution in [0.1, 0.15) is 29.3 Å². The quantitative estimate of drug-likeness (QED) is 0.320. The second kappa shape index (κ2) is 8.55. The Hall–Kier alpha value is -3.92. The van der Waals surface area contributed by atoms with E-state index in [0.29, 0.717) is 10.8 Å². The monoisotopic (exact) mass is 463 g/mol. The maximum atomic E-state index is 12.9. The molecule has 2 heterocycles. The van der Waals surface area contributed by atoms with Gasteiger partial charge in [0.1, 0.15) is 0 Å². The van der Waals surface area contributed by atoms with Crippen LogP contribution in [-0.4, -0.2) is 25.4 Å². The summed E-state index contributed by atoms with van der Waals surface area (Å²) < 4.78 is 1.40. The third kappa shape index (κ3) is 4.24. The summed E-state index contributed by atoms with van der Waals surface area (Å²) in [5.41, 5.74) is 4.30. The minimum Gasteiger partial charge on any atom is -0.293 e. The van der Waals surface area contributed by atoms with Crippen LogP contribution in [0.3, 0.4) is 0 Å². The summed E-state index contributed by atoms with van der Waals surface area (Å²) in [4.78, 5) is 46.3. The maximum Gasteiger partial charge on any atom is 0.271 e. The number of hydrogen-bond acceptors (Lipinski definition) is 7. The van der Waals surface area contributed by atoms with E-state index >= 15 is 0 Å². The zero-order valence-corrected chi connectivity index (χ0v) is 19.3. The Balaban J connectivity index is 1.68. The highest BCUT2D eigenvalue weighted by atomic mass is 32.1. The fraction of sp³-hybridized carbons (Fsp3) is 0.217. The van der Waals surface area contributed by atoms with Crippen LogP contribution in [0.2, 0.25) is 0 Å². The fourth-order valence-electron chi connectivity index (χ4n) is 3.93. The number of carbonyl (C=O) groups is 1. The van der Waals surface area contributed by atoms with Crippen molar-refractivity contribution < 1.29 is 9.72 Å². The number of anilines is 2. The normalized spacial score (nSPS) is 11.0. The molecule has 0 aliphatic heterocycles. The Morgan fingerprint density at radius 3 is 2.52 bits per heavy atom. The minimum atomic E-state index is -0.526. The zero-order valence-electron chi connectivity index (χ0n) is 18.5. The lowest BCUT2D eigenvalue weighted by Crippen LogP contribution is -2.25. The Bertz CT molecular complexity index is 1450. The molecule has 0 N–H and O–H groups in total. The van der Waals surface area contributed by atoms with Crippen molar-refractivity contribution >= 4 is 44.7 Å². The second-order valence-electron chi connectivity index (χ2n) is 7.86. The molecule has 0 saturated heterocycles. The number of rotatable bonds is 5. The van der Waals surface area contributed by atoms with Crippen LogP contribution in [0.25, 0.3) is 10.9 Å². The molecule has 0 spiro atoms. The van der Waals surface area contributed by atoms with Gasteiger partial charge in [-0.05, 0) is 38.0 Å². The van der Waals surface area contributed by atoms with Gasteiger partial charge in [0.15, 0.2) is 5.13 Å². The second-order valence-corrected chi connectivity index (χ2v) is 8.70. The third-order valence-electron chi connectivity index (χ3n) is 5.26. The van der Waals surface area contributed by atoms with Crippen molar-refractivity contribution in [2.24, 2.45) is 0 Å². The van der Waals surface area contributed by atoms with E-state index in [-0.39, 0.29) is 34.6 Å². The van der Waals surface area contributed by atoms with Crippen LogP contribution in [-0.2, 0) is 11.3 Å². The van der Waals surface area contributed by atoms with Gasteiger partial charge in [-0.3, -0.25) is 29.2 Å². The van der Waals surface area contributed by atoms with Gasteiger partial charge >= 0.3 is 0 Å². The Kier molecular flexibility index (Phi) is 5.77. The summed E-state index contributed by atoms with van der Waals surface area (Å²) in [5.74, 6) is -0.155. The average Bonchev–Trinajstić information content (AvgIpc) is 3.19. The van der Waals surface area contributed by atoms with Crippen molar-refractivity contribution in [1.29, 1.82) is 0 Å². The number of aromatic nitrogens is 3. The molecule has 2 aromatic heterocycles. The largest absolute Gasteiger partial charge is 0.293 e. The number of carbonyl (C=O) groups excluding carboxylic acids is 1. The number of hydrogen-bond donors (Lipinski definition) is 0. The first-order valence-corrected chi connectivity index (χ1v) is 11.0. The van der Waals surface area contributed by atoms with Gasteiger partial charge in [-0.15, -0.1) is 11.3 Å². The van der Waals surface area contributed by atoms with Crippen LogP contribution in [0.15, 0.2) is 46.8 Å². The zero-order chi connectivity index (χ0) is 23.9. The number of thiazole rings is 1. The first-order valence-electron chi connectivity index (χ1n) is 10.1. The molecule has 0 unspecified atom stereocenters. The Labute approximate surface area is 193 Å². The van der Waals surface area contributed by atoms with Crippen molar-refractivity contribution in [2.75, 3.05) is 4.90 Å². The molecule has 33 heavy (non-hydrogen) atoms.